The highest BCUT2D eigenvalue weighted by molar-refractivity contribution is 7.89. The Bertz CT molecular complexity index is 518. The van der Waals surface area contributed by atoms with Crippen LogP contribution in [0.5, 0.6) is 0 Å². The standard InChI is InChI=1S/C12H20N2O2S2/c1-9-12(7-11(17-9)8-13-2)18(15,16)14(3)10-5-4-6-10/h7,10,13H,4-6,8H2,1-3H3. The predicted octanol–water partition coefficient (Wildman–Crippen LogP) is 1.95. The van der Waals surface area contributed by atoms with E-state index in [1.54, 1.807) is 28.8 Å². The smallest absolute Gasteiger partial charge is 0.244 e. The van der Waals surface area contributed by atoms with Crippen molar-refractivity contribution in [2.45, 2.75) is 43.7 Å². The molecule has 0 aromatic carbocycles. The number of nitrogens with one attached hydrogen (secondary N) is 1. The van der Waals surface area contributed by atoms with Gasteiger partial charge in [0, 0.05) is 29.4 Å². The molecule has 0 aliphatic heterocycles. The maximum Gasteiger partial charge on any atom is 0.244 e. The molecule has 0 saturated heterocycles. The third-order valence-corrected chi connectivity index (χ3v) is 6.74. The van der Waals surface area contributed by atoms with E-state index in [0.717, 1.165) is 29.0 Å². The number of hydrogen-bond donors (Lipinski definition) is 1. The van der Waals surface area contributed by atoms with E-state index in [1.165, 1.54) is 0 Å². The van der Waals surface area contributed by atoms with Crippen LogP contribution in [0.2, 0.25) is 0 Å². The molecule has 1 aromatic rings. The Kier molecular flexibility index (Phi) is 4.11. The van der Waals surface area contributed by atoms with Crippen molar-refractivity contribution in [2.24, 2.45) is 0 Å². The molecule has 1 saturated carbocycles. The van der Waals surface area contributed by atoms with E-state index in [-0.39, 0.29) is 6.04 Å². The van der Waals surface area contributed by atoms with Gasteiger partial charge in [-0.2, -0.15) is 4.31 Å². The summed E-state index contributed by atoms with van der Waals surface area (Å²) in [5.41, 5.74) is 0. The lowest BCUT2D eigenvalue weighted by atomic mass is 9.94. The zero-order valence-corrected chi connectivity index (χ0v) is 12.7. The Hall–Kier alpha value is -0.430. The fraction of sp³-hybridized carbons (Fsp3) is 0.667. The predicted molar refractivity (Wildman–Crippen MR) is 74.4 cm³/mol. The number of nitrogens with zero attached hydrogens (tertiary/aromatic N) is 1. The second-order valence-electron chi connectivity index (χ2n) is 4.77. The van der Waals surface area contributed by atoms with Gasteiger partial charge in [-0.15, -0.1) is 11.3 Å². The Morgan fingerprint density at radius 1 is 1.50 bits per heavy atom. The summed E-state index contributed by atoms with van der Waals surface area (Å²) < 4.78 is 26.6. The van der Waals surface area contributed by atoms with Crippen molar-refractivity contribution < 1.29 is 8.42 Å². The average Bonchev–Trinajstić information content (AvgIpc) is 2.58. The molecule has 1 aromatic heterocycles. The van der Waals surface area contributed by atoms with Crippen LogP contribution in [0, 0.1) is 6.92 Å². The molecule has 102 valence electrons. The summed E-state index contributed by atoms with van der Waals surface area (Å²) in [5.74, 6) is 0. The van der Waals surface area contributed by atoms with E-state index in [1.807, 2.05) is 14.0 Å². The third-order valence-electron chi connectivity index (χ3n) is 3.52. The lowest BCUT2D eigenvalue weighted by molar-refractivity contribution is 0.249. The summed E-state index contributed by atoms with van der Waals surface area (Å²) in [6.07, 6.45) is 3.11. The summed E-state index contributed by atoms with van der Waals surface area (Å²) in [6, 6.07) is 2.00. The van der Waals surface area contributed by atoms with Crippen LogP contribution < -0.4 is 5.32 Å². The molecule has 1 heterocycles. The molecular weight excluding hydrogens is 268 g/mol. The fourth-order valence-corrected chi connectivity index (χ4v) is 5.17. The number of thiophene rings is 1. The summed E-state index contributed by atoms with van der Waals surface area (Å²) >= 11 is 1.55. The Labute approximate surface area is 113 Å². The van der Waals surface area contributed by atoms with Crippen molar-refractivity contribution >= 4 is 21.4 Å². The molecule has 6 heteroatoms. The first-order valence-electron chi connectivity index (χ1n) is 6.18. The molecule has 4 nitrogen and oxygen atoms in total. The van der Waals surface area contributed by atoms with Gasteiger partial charge in [-0.3, -0.25) is 0 Å². The molecule has 0 unspecified atom stereocenters. The monoisotopic (exact) mass is 288 g/mol. The maximum absolute atomic E-state index is 12.5. The third kappa shape index (κ3) is 2.47. The molecule has 2 rings (SSSR count). The highest BCUT2D eigenvalue weighted by Gasteiger charge is 2.33. The van der Waals surface area contributed by atoms with Crippen LogP contribution in [0.4, 0.5) is 0 Å². The van der Waals surface area contributed by atoms with Crippen molar-refractivity contribution in [3.8, 4) is 0 Å². The largest absolute Gasteiger partial charge is 0.315 e. The zero-order chi connectivity index (χ0) is 13.3. The molecule has 0 spiro atoms. The normalized spacial score (nSPS) is 17.1. The lowest BCUT2D eigenvalue weighted by Crippen LogP contribution is -2.41. The van der Waals surface area contributed by atoms with E-state index in [0.29, 0.717) is 11.4 Å². The Morgan fingerprint density at radius 2 is 2.17 bits per heavy atom. The number of rotatable bonds is 5. The SMILES string of the molecule is CNCc1cc(S(=O)(=O)N(C)C2CCC2)c(C)s1. The van der Waals surface area contributed by atoms with Crippen LogP contribution >= 0.6 is 11.3 Å². The maximum atomic E-state index is 12.5. The minimum Gasteiger partial charge on any atom is -0.315 e. The molecule has 1 aliphatic carbocycles. The van der Waals surface area contributed by atoms with Crippen LogP contribution in [0.1, 0.15) is 29.0 Å². The van der Waals surface area contributed by atoms with Crippen LogP contribution in [-0.2, 0) is 16.6 Å². The molecule has 0 bridgehead atoms. The highest BCUT2D eigenvalue weighted by atomic mass is 32.2. The van der Waals surface area contributed by atoms with Crippen LogP contribution in [0.15, 0.2) is 11.0 Å². The molecule has 18 heavy (non-hydrogen) atoms. The van der Waals surface area contributed by atoms with Gasteiger partial charge in [0.1, 0.15) is 0 Å². The minimum atomic E-state index is -3.31. The zero-order valence-electron chi connectivity index (χ0n) is 11.1. The van der Waals surface area contributed by atoms with Gasteiger partial charge in [-0.1, -0.05) is 6.42 Å². The van der Waals surface area contributed by atoms with E-state index in [9.17, 15) is 8.42 Å². The van der Waals surface area contributed by atoms with Gasteiger partial charge in [0.2, 0.25) is 10.0 Å². The summed E-state index contributed by atoms with van der Waals surface area (Å²) in [4.78, 5) is 2.43. The summed E-state index contributed by atoms with van der Waals surface area (Å²) in [7, 11) is 0.256. The van der Waals surface area contributed by atoms with Gasteiger partial charge < -0.3 is 5.32 Å². The quantitative estimate of drug-likeness (QED) is 0.901. The molecule has 1 aliphatic rings. The van der Waals surface area contributed by atoms with Crippen LogP contribution in [0.3, 0.4) is 0 Å². The molecule has 0 radical (unpaired) electrons. The number of sulfonamides is 1. The first kappa shape index (κ1) is 14.0. The Balaban J connectivity index is 2.28. The van der Waals surface area contributed by atoms with Gasteiger partial charge in [-0.25, -0.2) is 8.42 Å². The first-order chi connectivity index (χ1) is 8.46. The molecular formula is C12H20N2O2S2. The average molecular weight is 288 g/mol. The molecule has 0 amide bonds. The van der Waals surface area contributed by atoms with Gasteiger partial charge in [0.15, 0.2) is 0 Å². The summed E-state index contributed by atoms with van der Waals surface area (Å²) in [5, 5.41) is 3.05. The van der Waals surface area contributed by atoms with Crippen molar-refractivity contribution in [1.29, 1.82) is 0 Å². The first-order valence-corrected chi connectivity index (χ1v) is 8.44. The van der Waals surface area contributed by atoms with Gasteiger partial charge >= 0.3 is 0 Å². The van der Waals surface area contributed by atoms with Crippen LogP contribution in [-0.4, -0.2) is 32.9 Å². The van der Waals surface area contributed by atoms with Gasteiger partial charge in [0.25, 0.3) is 0 Å². The van der Waals surface area contributed by atoms with Gasteiger partial charge in [-0.05, 0) is 32.9 Å². The fourth-order valence-electron chi connectivity index (χ4n) is 2.14. The van der Waals surface area contributed by atoms with Crippen LogP contribution in [0.25, 0.3) is 0 Å². The second-order valence-corrected chi connectivity index (χ2v) is 8.08. The van der Waals surface area contributed by atoms with E-state index in [2.05, 4.69) is 5.32 Å². The van der Waals surface area contributed by atoms with Crippen molar-refractivity contribution in [2.75, 3.05) is 14.1 Å². The van der Waals surface area contributed by atoms with E-state index in [4.69, 9.17) is 0 Å². The van der Waals surface area contributed by atoms with E-state index < -0.39 is 10.0 Å². The lowest BCUT2D eigenvalue weighted by Gasteiger charge is -2.33. The minimum absolute atomic E-state index is 0.196. The van der Waals surface area contributed by atoms with Gasteiger partial charge in [0.05, 0.1) is 4.90 Å². The van der Waals surface area contributed by atoms with Crippen molar-refractivity contribution in [3.05, 3.63) is 15.8 Å². The van der Waals surface area contributed by atoms with Crippen molar-refractivity contribution in [1.82, 2.24) is 9.62 Å². The number of hydrogen-bond acceptors (Lipinski definition) is 4. The molecule has 1 fully saturated rings. The summed E-state index contributed by atoms with van der Waals surface area (Å²) in [6.45, 7) is 2.60. The van der Waals surface area contributed by atoms with Crippen molar-refractivity contribution in [3.63, 3.8) is 0 Å². The molecule has 1 N–H and O–H groups in total. The Morgan fingerprint density at radius 3 is 2.67 bits per heavy atom. The molecule has 0 atom stereocenters. The van der Waals surface area contributed by atoms with E-state index >= 15 is 0 Å². The second kappa shape index (κ2) is 5.28. The highest BCUT2D eigenvalue weighted by Crippen LogP contribution is 2.32. The topological polar surface area (TPSA) is 49.4 Å². The number of aryl methyl sites for hydroxylation is 1.